The Bertz CT molecular complexity index is 5490. The molecule has 3 fully saturated rings. The minimum atomic E-state index is -0.995. The number of rotatable bonds is 24. The molecule has 776 valence electrons. The number of nitrogens with zero attached hydrogens (tertiary/aromatic N) is 4. The largest absolute Gasteiger partial charge is 0.481 e. The number of ether oxygens (including phenoxy) is 7. The van der Waals surface area contributed by atoms with E-state index >= 15 is 0 Å². The van der Waals surface area contributed by atoms with Gasteiger partial charge in [0.1, 0.15) is 35.6 Å². The Kier molecular flexibility index (Phi) is 48.0. The third-order valence-electron chi connectivity index (χ3n) is 21.7. The van der Waals surface area contributed by atoms with Crippen molar-refractivity contribution < 1.29 is 95.8 Å². The molecule has 2 N–H and O–H groups in total. The molecule has 0 aliphatic heterocycles. The van der Waals surface area contributed by atoms with E-state index in [1.807, 2.05) is 178 Å². The summed E-state index contributed by atoms with van der Waals surface area (Å²) in [6, 6.07) is 7.25. The van der Waals surface area contributed by atoms with Gasteiger partial charge in [0.2, 0.25) is 23.6 Å². The highest BCUT2D eigenvalue weighted by molar-refractivity contribution is 9.10. The maximum atomic E-state index is 13.9. The Labute approximate surface area is 868 Å². The molecule has 0 saturated heterocycles. The van der Waals surface area contributed by atoms with E-state index in [0.29, 0.717) is 74.6 Å². The molecule has 141 heavy (non-hydrogen) atoms. The first-order valence-corrected chi connectivity index (χ1v) is 52.9. The lowest BCUT2D eigenvalue weighted by Crippen LogP contribution is -2.45. The summed E-state index contributed by atoms with van der Waals surface area (Å²) < 4.78 is 36.2. The number of carboxylic acids is 1. The normalized spacial score (nSPS) is 17.1. The third-order valence-corrected chi connectivity index (χ3v) is 27.7. The van der Waals surface area contributed by atoms with Crippen molar-refractivity contribution in [1.82, 2.24) is 4.90 Å². The summed E-state index contributed by atoms with van der Waals surface area (Å²) in [6.07, 6.45) is 10.8. The van der Waals surface area contributed by atoms with Crippen LogP contribution in [0.5, 0.6) is 0 Å². The van der Waals surface area contributed by atoms with Crippen LogP contribution in [-0.2, 0) is 66.7 Å². The summed E-state index contributed by atoms with van der Waals surface area (Å²) in [6.45, 7) is 55.1. The van der Waals surface area contributed by atoms with Gasteiger partial charge in [-0.1, -0.05) is 80.0 Å². The SMILES string of the molecule is COC(=O)c1sc(C#CC(C)(C)C)cc1Br.COC(=O)c1sc(C#CC(C)(C)C)cc1N(C(=O)C1CCC(C)CC1)[C@@H](C)CC(=O)N(C)C.COC(=O)c1sc(C#CC(C)(C)C)cc1N(C(=O)C1CCC(C)CC1)[C@@H](C)CC(=O)O.COC(=O)c1sc(C#CC(C)(C)C)cc1N(C(=O)C1CCC(C)CC1)[C@@H](C)CC(=O)OC(C)(C)C.COC(=O)c1sc(C#CC(C)(C)C)cc1N[C@@H](C)CC(=O)OC(C)(C)C. The zero-order valence-corrected chi connectivity index (χ0v) is 95.6. The maximum absolute atomic E-state index is 13.9. The Morgan fingerprint density at radius 2 is 0.617 bits per heavy atom. The van der Waals surface area contributed by atoms with Crippen molar-refractivity contribution in [1.29, 1.82) is 0 Å². The average Bonchev–Trinajstić information content (AvgIpc) is 1.68. The Hall–Kier alpha value is -9.78. The van der Waals surface area contributed by atoms with Gasteiger partial charge in [-0.15, -0.1) is 56.7 Å². The monoisotopic (exact) mass is 2100 g/mol. The Morgan fingerprint density at radius 1 is 0.369 bits per heavy atom. The number of amides is 4. The molecule has 25 nitrogen and oxygen atoms in total. The molecule has 0 radical (unpaired) electrons. The van der Waals surface area contributed by atoms with E-state index in [4.69, 9.17) is 28.4 Å². The summed E-state index contributed by atoms with van der Waals surface area (Å²) in [5.41, 5.74) is 0.0152. The van der Waals surface area contributed by atoms with Crippen LogP contribution in [0.2, 0.25) is 0 Å². The number of halogens is 1. The van der Waals surface area contributed by atoms with Gasteiger partial charge in [0, 0.05) is 94.0 Å². The number of anilines is 4. The van der Waals surface area contributed by atoms with E-state index in [2.05, 4.69) is 106 Å². The van der Waals surface area contributed by atoms with E-state index in [1.54, 1.807) is 49.0 Å². The number of carbonyl (C=O) groups is 12. The highest BCUT2D eigenvalue weighted by Gasteiger charge is 2.41. The molecule has 0 spiro atoms. The van der Waals surface area contributed by atoms with Crippen molar-refractivity contribution in [3.05, 3.63) is 83.6 Å². The highest BCUT2D eigenvalue weighted by Crippen LogP contribution is 2.43. The minimum absolute atomic E-state index is 0.0194. The number of hydrogen-bond acceptors (Lipinski definition) is 25. The number of aliphatic carboxylic acids is 1. The zero-order chi connectivity index (χ0) is 107. The summed E-state index contributed by atoms with van der Waals surface area (Å²) in [5.74, 6) is 28.4. The summed E-state index contributed by atoms with van der Waals surface area (Å²) in [4.78, 5) is 163. The molecular weight excluding hydrogens is 1950 g/mol. The third kappa shape index (κ3) is 43.4. The molecule has 4 atom stereocenters. The molecule has 3 aliphatic rings. The molecule has 31 heteroatoms. The quantitative estimate of drug-likeness (QED) is 0.0329. The van der Waals surface area contributed by atoms with Gasteiger partial charge in [0.15, 0.2) is 0 Å². The van der Waals surface area contributed by atoms with Crippen LogP contribution < -0.4 is 20.0 Å². The van der Waals surface area contributed by atoms with E-state index < -0.39 is 59.2 Å². The first-order chi connectivity index (χ1) is 65.0. The molecule has 3 saturated carbocycles. The van der Waals surface area contributed by atoms with Crippen molar-refractivity contribution in [2.24, 2.45) is 62.6 Å². The van der Waals surface area contributed by atoms with Crippen molar-refractivity contribution in [3.63, 3.8) is 0 Å². The molecule has 5 aromatic heterocycles. The standard InChI is InChI=1S/C28H41NO5S.C26H38N2O4S.C24H33NO5S.C20H29NO4S.C12H13BrO2S/c1-18-10-12-20(13-11-18)25(31)29(19(2)16-23(30)34-28(6,7)8)22-17-21(14-15-27(3,4)5)35-24(22)26(32)33-9;1-17-9-11-19(12-10-17)24(30)28(18(2)15-22(29)27(6)7)21-16-20(13-14-26(3,4)5)33-23(21)25(31)32-8;1-15-7-9-17(10-8-15)22(28)25(16(2)13-20(26)27)19-14-18(11-12-24(3,4)5)31-21(19)23(29)30-6;1-13(11-16(22)25-20(5,6)7)21-15-12-14(9-10-19(2,3)4)26-17(15)18(23)24-8;1-12(2,3)6-5-8-7-9(13)10(16-8)11(14)15-4/h17-20H,10-13,16H2,1-9H3;16-19H,9-12,15H2,1-8H3;14-17H,7-10,13H2,1-6H3,(H,26,27);12-13,21H,11H2,1-8H3;7H,1-4H3/t18?,19-,20?;17?,18-,19?;15?,16-,17?;13-;/m0000./s1. The minimum Gasteiger partial charge on any atom is -0.481 e. The maximum Gasteiger partial charge on any atom is 0.350 e. The van der Waals surface area contributed by atoms with Crippen LogP contribution in [0.4, 0.5) is 22.7 Å². The van der Waals surface area contributed by atoms with E-state index in [0.717, 1.165) is 91.3 Å². The second kappa shape index (κ2) is 54.8. The lowest BCUT2D eigenvalue weighted by molar-refractivity contribution is -0.156. The number of carboxylic acid groups (broad SMARTS) is 1. The van der Waals surface area contributed by atoms with Crippen molar-refractivity contribution >= 4 is 167 Å². The molecule has 0 unspecified atom stereocenters. The Morgan fingerprint density at radius 3 is 0.894 bits per heavy atom. The van der Waals surface area contributed by atoms with Crippen molar-refractivity contribution in [2.75, 3.05) is 69.7 Å². The van der Waals surface area contributed by atoms with Crippen molar-refractivity contribution in [2.45, 2.75) is 332 Å². The van der Waals surface area contributed by atoms with Crippen LogP contribution in [0.15, 0.2) is 34.8 Å². The summed E-state index contributed by atoms with van der Waals surface area (Å²) in [7, 11) is 10.1. The Balaban J connectivity index is 0.000000374. The average molecular weight is 2110 g/mol. The van der Waals surface area contributed by atoms with Gasteiger partial charge >= 0.3 is 47.8 Å². The van der Waals surface area contributed by atoms with E-state index in [-0.39, 0.29) is 123 Å². The van der Waals surface area contributed by atoms with Crippen LogP contribution in [0.25, 0.3) is 0 Å². The predicted octanol–water partition coefficient (Wildman–Crippen LogP) is 24.3. The second-order valence-electron chi connectivity index (χ2n) is 43.8. The van der Waals surface area contributed by atoms with Gasteiger partial charge < -0.3 is 63.2 Å². The van der Waals surface area contributed by atoms with E-state index in [1.165, 1.54) is 102 Å². The molecule has 5 aromatic rings. The fourth-order valence-corrected chi connectivity index (χ4v) is 19.9. The van der Waals surface area contributed by atoms with E-state index in [9.17, 15) is 62.6 Å². The van der Waals surface area contributed by atoms with Gasteiger partial charge in [-0.05, 0) is 314 Å². The van der Waals surface area contributed by atoms with Crippen LogP contribution >= 0.6 is 72.6 Å². The van der Waals surface area contributed by atoms with Crippen LogP contribution in [-0.4, -0.2) is 166 Å². The van der Waals surface area contributed by atoms with Crippen LogP contribution in [0.3, 0.4) is 0 Å². The fourth-order valence-electron chi connectivity index (χ4n) is 14.7. The summed E-state index contributed by atoms with van der Waals surface area (Å²) >= 11 is 9.55. The molecule has 5 heterocycles. The van der Waals surface area contributed by atoms with Gasteiger partial charge in [0.25, 0.3) is 0 Å². The number of thiophene rings is 5. The molecule has 4 amide bonds. The molecule has 8 rings (SSSR count). The topological polar surface area (TPSA) is 315 Å². The number of nitrogens with one attached hydrogen (secondary N) is 1. The van der Waals surface area contributed by atoms with Gasteiger partial charge in [0.05, 0.1) is 102 Å². The second-order valence-corrected chi connectivity index (χ2v) is 49.9. The van der Waals surface area contributed by atoms with Gasteiger partial charge in [-0.25, -0.2) is 24.0 Å². The first kappa shape index (κ1) is 124. The number of esters is 7. The molecule has 3 aliphatic carbocycles. The fraction of sp³-hybridized carbons (Fsp3) is 0.618. The van der Waals surface area contributed by atoms with Gasteiger partial charge in [-0.3, -0.25) is 33.6 Å². The molecule has 0 bridgehead atoms. The lowest BCUT2D eigenvalue weighted by atomic mass is 9.82. The zero-order valence-electron chi connectivity index (χ0n) is 89.9. The molecule has 0 aromatic carbocycles. The number of carbonyl (C=O) groups excluding carboxylic acids is 11. The predicted molar refractivity (Wildman–Crippen MR) is 571 cm³/mol. The van der Waals surface area contributed by atoms with Crippen molar-refractivity contribution in [3.8, 4) is 59.2 Å². The number of hydrogen-bond donors (Lipinski definition) is 2. The smallest absolute Gasteiger partial charge is 0.350 e. The molecular formula is C110H154BrN5O20S5. The highest BCUT2D eigenvalue weighted by atomic mass is 79.9. The van der Waals surface area contributed by atoms with Gasteiger partial charge in [-0.2, -0.15) is 0 Å². The lowest BCUT2D eigenvalue weighted by Gasteiger charge is -2.35. The summed E-state index contributed by atoms with van der Waals surface area (Å²) in [5, 5.41) is 12.6. The number of methoxy groups -OCH3 is 5. The van der Waals surface area contributed by atoms with Crippen LogP contribution in [0, 0.1) is 122 Å². The van der Waals surface area contributed by atoms with Crippen LogP contribution in [0.1, 0.15) is 369 Å². The first-order valence-electron chi connectivity index (χ1n) is 48.0.